The zero-order valence-electron chi connectivity index (χ0n) is 9.69. The Kier molecular flexibility index (Phi) is 2.54. The molecule has 4 heteroatoms. The number of nitrogens with zero attached hydrogens (tertiary/aromatic N) is 3. The van der Waals surface area contributed by atoms with Gasteiger partial charge >= 0.3 is 0 Å². The Morgan fingerprint density at radius 2 is 2.13 bits per heavy atom. The van der Waals surface area contributed by atoms with Gasteiger partial charge in [-0.25, -0.2) is 9.67 Å². The molecule has 0 atom stereocenters. The van der Waals surface area contributed by atoms with Gasteiger partial charge in [-0.05, 0) is 31.1 Å². The van der Waals surface area contributed by atoms with Crippen molar-refractivity contribution in [3.63, 3.8) is 0 Å². The van der Waals surface area contributed by atoms with Crippen molar-refractivity contribution < 1.29 is 5.11 Å². The van der Waals surface area contributed by atoms with Crippen molar-refractivity contribution in [1.82, 2.24) is 14.8 Å². The average Bonchev–Trinajstić information content (AvgIpc) is 2.44. The van der Waals surface area contributed by atoms with Crippen LogP contribution in [0, 0.1) is 18.3 Å². The summed E-state index contributed by atoms with van der Waals surface area (Å²) in [6.45, 7) is 7.43. The molecule has 4 nitrogen and oxygen atoms in total. The SMILES string of the molecule is Cc1nc(CO)nn1CC1CC(C)(C)C1. The molecule has 1 heterocycles. The van der Waals surface area contributed by atoms with E-state index in [9.17, 15) is 0 Å². The summed E-state index contributed by atoms with van der Waals surface area (Å²) in [6.07, 6.45) is 2.53. The van der Waals surface area contributed by atoms with Gasteiger partial charge in [0.2, 0.25) is 0 Å². The number of rotatable bonds is 3. The molecule has 0 bridgehead atoms. The minimum atomic E-state index is -0.0655. The zero-order valence-corrected chi connectivity index (χ0v) is 9.69. The van der Waals surface area contributed by atoms with Crippen molar-refractivity contribution >= 4 is 0 Å². The summed E-state index contributed by atoms with van der Waals surface area (Å²) in [5.41, 5.74) is 0.513. The standard InChI is InChI=1S/C11H19N3O/c1-8-12-10(7-15)13-14(8)6-9-4-11(2,3)5-9/h9,15H,4-7H2,1-3H3. The van der Waals surface area contributed by atoms with Crippen LogP contribution in [0.15, 0.2) is 0 Å². The third-order valence-corrected chi connectivity index (χ3v) is 3.16. The van der Waals surface area contributed by atoms with Crippen LogP contribution in [0.4, 0.5) is 0 Å². The Hall–Kier alpha value is -0.900. The van der Waals surface area contributed by atoms with E-state index in [4.69, 9.17) is 5.11 Å². The maximum Gasteiger partial charge on any atom is 0.176 e. The minimum absolute atomic E-state index is 0.0655. The molecule has 2 rings (SSSR count). The van der Waals surface area contributed by atoms with E-state index < -0.39 is 0 Å². The van der Waals surface area contributed by atoms with Gasteiger partial charge in [0.05, 0.1) is 0 Å². The second-order valence-corrected chi connectivity index (χ2v) is 5.35. The minimum Gasteiger partial charge on any atom is -0.388 e. The third-order valence-electron chi connectivity index (χ3n) is 3.16. The molecule has 0 aromatic carbocycles. The molecule has 0 amide bonds. The summed E-state index contributed by atoms with van der Waals surface area (Å²) in [4.78, 5) is 4.18. The van der Waals surface area contributed by atoms with Crippen LogP contribution in [-0.2, 0) is 13.2 Å². The van der Waals surface area contributed by atoms with Gasteiger partial charge < -0.3 is 5.11 Å². The molecule has 0 unspecified atom stereocenters. The molecule has 1 saturated carbocycles. The van der Waals surface area contributed by atoms with Crippen molar-refractivity contribution in [3.8, 4) is 0 Å². The summed E-state index contributed by atoms with van der Waals surface area (Å²) in [5, 5.41) is 13.2. The van der Waals surface area contributed by atoms with Crippen LogP contribution in [-0.4, -0.2) is 19.9 Å². The predicted octanol–water partition coefficient (Wildman–Crippen LogP) is 1.52. The first kappa shape index (κ1) is 10.6. The molecule has 0 saturated heterocycles. The van der Waals surface area contributed by atoms with Crippen LogP contribution in [0.5, 0.6) is 0 Å². The zero-order chi connectivity index (χ0) is 11.1. The molecular formula is C11H19N3O. The lowest BCUT2D eigenvalue weighted by Gasteiger charge is -2.42. The summed E-state index contributed by atoms with van der Waals surface area (Å²) < 4.78 is 1.92. The van der Waals surface area contributed by atoms with Crippen molar-refractivity contribution in [2.45, 2.75) is 46.8 Å². The normalized spacial score (nSPS) is 20.3. The molecule has 1 aliphatic rings. The van der Waals surface area contributed by atoms with Gasteiger partial charge in [0, 0.05) is 6.54 Å². The monoisotopic (exact) mass is 209 g/mol. The molecule has 1 N–H and O–H groups in total. The predicted molar refractivity (Wildman–Crippen MR) is 57.2 cm³/mol. The molecule has 0 spiro atoms. The fourth-order valence-corrected chi connectivity index (χ4v) is 2.60. The van der Waals surface area contributed by atoms with Crippen molar-refractivity contribution in [2.75, 3.05) is 0 Å². The lowest BCUT2D eigenvalue weighted by atomic mass is 9.64. The fourth-order valence-electron chi connectivity index (χ4n) is 2.60. The summed E-state index contributed by atoms with van der Waals surface area (Å²) in [7, 11) is 0. The van der Waals surface area contributed by atoms with Crippen molar-refractivity contribution in [3.05, 3.63) is 11.6 Å². The van der Waals surface area contributed by atoms with Gasteiger partial charge in [-0.1, -0.05) is 13.8 Å². The number of hydrogen-bond acceptors (Lipinski definition) is 3. The molecule has 1 fully saturated rings. The molecule has 1 aromatic rings. The Morgan fingerprint density at radius 1 is 1.47 bits per heavy atom. The van der Waals surface area contributed by atoms with Crippen LogP contribution in [0.3, 0.4) is 0 Å². The Morgan fingerprint density at radius 3 is 2.60 bits per heavy atom. The maximum atomic E-state index is 8.93. The molecule has 15 heavy (non-hydrogen) atoms. The van der Waals surface area contributed by atoms with E-state index in [1.165, 1.54) is 12.8 Å². The van der Waals surface area contributed by atoms with E-state index >= 15 is 0 Å². The molecule has 0 radical (unpaired) electrons. The van der Waals surface area contributed by atoms with Crippen molar-refractivity contribution in [2.24, 2.45) is 11.3 Å². The number of hydrogen-bond donors (Lipinski definition) is 1. The Labute approximate surface area is 90.3 Å². The van der Waals surface area contributed by atoms with E-state index in [-0.39, 0.29) is 6.61 Å². The first-order valence-electron chi connectivity index (χ1n) is 5.51. The average molecular weight is 209 g/mol. The van der Waals surface area contributed by atoms with Crippen LogP contribution in [0.2, 0.25) is 0 Å². The highest BCUT2D eigenvalue weighted by atomic mass is 16.3. The van der Waals surface area contributed by atoms with Gasteiger partial charge in [0.15, 0.2) is 5.82 Å². The first-order valence-corrected chi connectivity index (χ1v) is 5.51. The Bertz CT molecular complexity index is 349. The highest BCUT2D eigenvalue weighted by Crippen LogP contribution is 2.45. The molecular weight excluding hydrogens is 190 g/mol. The molecule has 1 aromatic heterocycles. The molecule has 1 aliphatic carbocycles. The molecule has 0 aliphatic heterocycles. The molecule has 84 valence electrons. The second-order valence-electron chi connectivity index (χ2n) is 5.35. The van der Waals surface area contributed by atoms with E-state index in [1.54, 1.807) is 0 Å². The van der Waals surface area contributed by atoms with E-state index in [1.807, 2.05) is 11.6 Å². The van der Waals surface area contributed by atoms with Crippen LogP contribution >= 0.6 is 0 Å². The highest BCUT2D eigenvalue weighted by Gasteiger charge is 2.36. The largest absolute Gasteiger partial charge is 0.388 e. The smallest absolute Gasteiger partial charge is 0.176 e. The number of aliphatic hydroxyl groups is 1. The van der Waals surface area contributed by atoms with E-state index in [2.05, 4.69) is 23.9 Å². The van der Waals surface area contributed by atoms with Gasteiger partial charge in [-0.15, -0.1) is 0 Å². The van der Waals surface area contributed by atoms with Crippen LogP contribution in [0.25, 0.3) is 0 Å². The van der Waals surface area contributed by atoms with Gasteiger partial charge in [-0.3, -0.25) is 0 Å². The quantitative estimate of drug-likeness (QED) is 0.821. The van der Waals surface area contributed by atoms with Crippen molar-refractivity contribution in [1.29, 1.82) is 0 Å². The lowest BCUT2D eigenvalue weighted by Crippen LogP contribution is -2.34. The van der Waals surface area contributed by atoms with E-state index in [0.29, 0.717) is 11.2 Å². The highest BCUT2D eigenvalue weighted by molar-refractivity contribution is 4.92. The maximum absolute atomic E-state index is 8.93. The second kappa shape index (κ2) is 3.59. The lowest BCUT2D eigenvalue weighted by molar-refractivity contribution is 0.0791. The topological polar surface area (TPSA) is 50.9 Å². The van der Waals surface area contributed by atoms with Gasteiger partial charge in [0.25, 0.3) is 0 Å². The van der Waals surface area contributed by atoms with Crippen LogP contribution < -0.4 is 0 Å². The fraction of sp³-hybridized carbons (Fsp3) is 0.818. The summed E-state index contributed by atoms with van der Waals surface area (Å²) >= 11 is 0. The summed E-state index contributed by atoms with van der Waals surface area (Å²) in [5.74, 6) is 2.17. The third kappa shape index (κ3) is 2.20. The summed E-state index contributed by atoms with van der Waals surface area (Å²) in [6, 6.07) is 0. The van der Waals surface area contributed by atoms with E-state index in [0.717, 1.165) is 18.3 Å². The number of aliphatic hydroxyl groups excluding tert-OH is 1. The van der Waals surface area contributed by atoms with Gasteiger partial charge in [0.1, 0.15) is 12.4 Å². The number of aromatic nitrogens is 3. The van der Waals surface area contributed by atoms with Crippen LogP contribution in [0.1, 0.15) is 38.3 Å². The first-order chi connectivity index (χ1) is 7.00. The Balaban J connectivity index is 1.97. The van der Waals surface area contributed by atoms with Gasteiger partial charge in [-0.2, -0.15) is 5.10 Å². The number of aryl methyl sites for hydroxylation is 1.